The lowest BCUT2D eigenvalue weighted by molar-refractivity contribution is 0.695. The van der Waals surface area contributed by atoms with Crippen molar-refractivity contribution in [3.8, 4) is 0 Å². The monoisotopic (exact) mass is 242 g/mol. The molecule has 0 fully saturated rings. The predicted octanol–water partition coefficient (Wildman–Crippen LogP) is 3.50. The van der Waals surface area contributed by atoms with Gasteiger partial charge in [0.2, 0.25) is 0 Å². The minimum Gasteiger partial charge on any atom is -0.344 e. The van der Waals surface area contributed by atoms with E-state index in [-0.39, 0.29) is 0 Å². The van der Waals surface area contributed by atoms with E-state index in [9.17, 15) is 0 Å². The Morgan fingerprint density at radius 2 is 2.00 bits per heavy atom. The van der Waals surface area contributed by atoms with Gasteiger partial charge in [-0.05, 0) is 45.5 Å². The van der Waals surface area contributed by atoms with Crippen molar-refractivity contribution in [2.24, 2.45) is 7.05 Å². The molecule has 0 radical (unpaired) electrons. The number of hydrogen-bond donors (Lipinski definition) is 1. The average Bonchev–Trinajstić information content (AvgIpc) is 2.63. The fourth-order valence-electron chi connectivity index (χ4n) is 2.38. The Morgan fingerprint density at radius 3 is 2.61 bits per heavy atom. The summed E-state index contributed by atoms with van der Waals surface area (Å²) in [5.41, 5.74) is 5.31. The molecule has 1 aromatic heterocycles. The summed E-state index contributed by atoms with van der Waals surface area (Å²) in [4.78, 5) is 0. The van der Waals surface area contributed by atoms with Crippen molar-refractivity contribution in [3.05, 3.63) is 41.1 Å². The smallest absolute Gasteiger partial charge is 0.0485 e. The van der Waals surface area contributed by atoms with E-state index in [1.807, 2.05) is 7.05 Å². The molecule has 2 aromatic rings. The zero-order chi connectivity index (χ0) is 13.3. The van der Waals surface area contributed by atoms with Crippen LogP contribution >= 0.6 is 0 Å². The maximum absolute atomic E-state index is 3.28. The van der Waals surface area contributed by atoms with Crippen LogP contribution in [0.15, 0.2) is 29.8 Å². The van der Waals surface area contributed by atoms with Gasteiger partial charge in [0.05, 0.1) is 0 Å². The van der Waals surface area contributed by atoms with Gasteiger partial charge in [-0.25, -0.2) is 0 Å². The van der Waals surface area contributed by atoms with E-state index >= 15 is 0 Å². The molecule has 2 rings (SSSR count). The van der Waals surface area contributed by atoms with Crippen molar-refractivity contribution in [3.63, 3.8) is 0 Å². The highest BCUT2D eigenvalue weighted by Gasteiger charge is 2.10. The number of nitrogens with zero attached hydrogens (tertiary/aromatic N) is 1. The Morgan fingerprint density at radius 1 is 1.33 bits per heavy atom. The van der Waals surface area contributed by atoms with Crippen LogP contribution in [0.25, 0.3) is 17.0 Å². The molecule has 0 aliphatic heterocycles. The van der Waals surface area contributed by atoms with Crippen LogP contribution in [0.4, 0.5) is 0 Å². The minimum absolute atomic E-state index is 0.405. The van der Waals surface area contributed by atoms with Crippen LogP contribution in [-0.2, 0) is 7.05 Å². The van der Waals surface area contributed by atoms with Crippen molar-refractivity contribution < 1.29 is 0 Å². The van der Waals surface area contributed by atoms with Crippen LogP contribution in [0.3, 0.4) is 0 Å². The second-order valence-corrected chi connectivity index (χ2v) is 4.99. The Kier molecular flexibility index (Phi) is 3.58. The van der Waals surface area contributed by atoms with Crippen molar-refractivity contribution in [1.29, 1.82) is 0 Å². The number of benzene rings is 1. The molecule has 1 aromatic carbocycles. The molecular weight excluding hydrogens is 220 g/mol. The van der Waals surface area contributed by atoms with Crippen molar-refractivity contribution >= 4 is 17.0 Å². The van der Waals surface area contributed by atoms with Crippen LogP contribution in [0, 0.1) is 6.92 Å². The molecule has 1 atom stereocenters. The van der Waals surface area contributed by atoms with Gasteiger partial charge in [-0.1, -0.05) is 23.8 Å². The summed E-state index contributed by atoms with van der Waals surface area (Å²) in [5.74, 6) is 0. The third kappa shape index (κ3) is 2.08. The summed E-state index contributed by atoms with van der Waals surface area (Å²) in [7, 11) is 4.13. The first-order chi connectivity index (χ1) is 8.56. The summed E-state index contributed by atoms with van der Waals surface area (Å²) < 4.78 is 2.27. The molecule has 0 bridgehead atoms. The normalized spacial score (nSPS) is 14.2. The molecule has 0 aliphatic rings. The molecular formula is C16H22N2. The molecule has 2 nitrogen and oxygen atoms in total. The molecule has 0 saturated heterocycles. The van der Waals surface area contributed by atoms with Crippen LogP contribution in [-0.4, -0.2) is 17.7 Å². The quantitative estimate of drug-likeness (QED) is 0.871. The maximum atomic E-state index is 3.28. The van der Waals surface area contributed by atoms with Gasteiger partial charge in [0.15, 0.2) is 0 Å². The first kappa shape index (κ1) is 12.9. The zero-order valence-electron chi connectivity index (χ0n) is 11.9. The van der Waals surface area contributed by atoms with Gasteiger partial charge < -0.3 is 9.88 Å². The molecule has 2 heteroatoms. The fourth-order valence-corrected chi connectivity index (χ4v) is 2.38. The number of likely N-dealkylation sites (N-methyl/N-ethyl adjacent to an activating group) is 1. The van der Waals surface area contributed by atoms with E-state index in [4.69, 9.17) is 0 Å². The highest BCUT2D eigenvalue weighted by Crippen LogP contribution is 2.26. The lowest BCUT2D eigenvalue weighted by Gasteiger charge is -2.11. The SMILES string of the molecule is CNC(C)/C(C)=C/c1c(C)c2ccccc2n1C. The van der Waals surface area contributed by atoms with Gasteiger partial charge in [-0.3, -0.25) is 0 Å². The second kappa shape index (κ2) is 4.99. The Labute approximate surface area is 109 Å². The van der Waals surface area contributed by atoms with E-state index in [1.54, 1.807) is 0 Å². The molecule has 0 amide bonds. The third-order valence-corrected chi connectivity index (χ3v) is 3.90. The Hall–Kier alpha value is -1.54. The Bertz CT molecular complexity index is 551. The first-order valence-corrected chi connectivity index (χ1v) is 6.45. The predicted molar refractivity (Wildman–Crippen MR) is 79.8 cm³/mol. The van der Waals surface area contributed by atoms with Gasteiger partial charge in [-0.15, -0.1) is 0 Å². The average molecular weight is 242 g/mol. The lowest BCUT2D eigenvalue weighted by Crippen LogP contribution is -2.22. The molecule has 0 spiro atoms. The minimum atomic E-state index is 0.405. The van der Waals surface area contributed by atoms with E-state index < -0.39 is 0 Å². The van der Waals surface area contributed by atoms with E-state index in [0.717, 1.165) is 0 Å². The van der Waals surface area contributed by atoms with Gasteiger partial charge >= 0.3 is 0 Å². The van der Waals surface area contributed by atoms with Gasteiger partial charge in [0, 0.05) is 29.7 Å². The van der Waals surface area contributed by atoms with Gasteiger partial charge in [0.1, 0.15) is 0 Å². The highest BCUT2D eigenvalue weighted by atomic mass is 14.9. The summed E-state index contributed by atoms with van der Waals surface area (Å²) in [6.07, 6.45) is 2.29. The molecule has 1 unspecified atom stereocenters. The van der Waals surface area contributed by atoms with Gasteiger partial charge in [0.25, 0.3) is 0 Å². The van der Waals surface area contributed by atoms with Crippen LogP contribution in [0.2, 0.25) is 0 Å². The van der Waals surface area contributed by atoms with Crippen LogP contribution in [0.1, 0.15) is 25.1 Å². The number of rotatable bonds is 3. The van der Waals surface area contributed by atoms with Gasteiger partial charge in [-0.2, -0.15) is 0 Å². The third-order valence-electron chi connectivity index (χ3n) is 3.90. The van der Waals surface area contributed by atoms with E-state index in [1.165, 1.54) is 27.7 Å². The van der Waals surface area contributed by atoms with Crippen molar-refractivity contribution in [2.45, 2.75) is 26.8 Å². The maximum Gasteiger partial charge on any atom is 0.0485 e. The van der Waals surface area contributed by atoms with Crippen LogP contribution in [0.5, 0.6) is 0 Å². The highest BCUT2D eigenvalue weighted by molar-refractivity contribution is 5.88. The summed E-state index contributed by atoms with van der Waals surface area (Å²) >= 11 is 0. The number of aromatic nitrogens is 1. The topological polar surface area (TPSA) is 17.0 Å². The molecule has 0 aliphatic carbocycles. The second-order valence-electron chi connectivity index (χ2n) is 4.99. The number of aryl methyl sites for hydroxylation is 2. The summed E-state index contributed by atoms with van der Waals surface area (Å²) in [6, 6.07) is 8.97. The zero-order valence-corrected chi connectivity index (χ0v) is 11.9. The lowest BCUT2D eigenvalue weighted by atomic mass is 10.1. The summed E-state index contributed by atoms with van der Waals surface area (Å²) in [6.45, 7) is 6.56. The fraction of sp³-hybridized carbons (Fsp3) is 0.375. The molecule has 0 saturated carbocycles. The molecule has 18 heavy (non-hydrogen) atoms. The summed E-state index contributed by atoms with van der Waals surface area (Å²) in [5, 5.41) is 4.62. The number of hydrogen-bond acceptors (Lipinski definition) is 1. The molecule has 96 valence electrons. The Balaban J connectivity index is 2.58. The van der Waals surface area contributed by atoms with Crippen molar-refractivity contribution in [1.82, 2.24) is 9.88 Å². The molecule has 1 heterocycles. The molecule has 1 N–H and O–H groups in total. The van der Waals surface area contributed by atoms with Crippen LogP contribution < -0.4 is 5.32 Å². The first-order valence-electron chi connectivity index (χ1n) is 6.45. The van der Waals surface area contributed by atoms with E-state index in [0.29, 0.717) is 6.04 Å². The van der Waals surface area contributed by atoms with Crippen molar-refractivity contribution in [2.75, 3.05) is 7.05 Å². The number of para-hydroxylation sites is 1. The largest absolute Gasteiger partial charge is 0.344 e. The number of fused-ring (bicyclic) bond motifs is 1. The standard InChI is InChI=1S/C16H22N2/c1-11(13(3)17-4)10-16-12(2)14-8-6-7-9-15(14)18(16)5/h6-10,13,17H,1-5H3/b11-10+. The number of nitrogens with one attached hydrogen (secondary N) is 1. The van der Waals surface area contributed by atoms with E-state index in [2.05, 4.69) is 68.0 Å².